The Hall–Kier alpha value is -2.15. The Bertz CT molecular complexity index is 1090. The molecule has 4 rings (SSSR count). The van der Waals surface area contributed by atoms with Crippen LogP contribution in [-0.2, 0) is 14.6 Å². The smallest absolute Gasteiger partial charge is 0.225 e. The normalized spacial score (nSPS) is 16.8. The molecule has 0 saturated heterocycles. The second-order valence-electron chi connectivity index (χ2n) is 5.98. The van der Waals surface area contributed by atoms with Crippen LogP contribution in [0.5, 0.6) is 0 Å². The zero-order chi connectivity index (χ0) is 18.3. The van der Waals surface area contributed by atoms with Gasteiger partial charge < -0.3 is 5.32 Å². The number of carbonyl (C=O) groups excluding carboxylic acids is 1. The lowest BCUT2D eigenvalue weighted by Gasteiger charge is -2.24. The van der Waals surface area contributed by atoms with Gasteiger partial charge in [0.1, 0.15) is 4.90 Å². The number of anilines is 1. The van der Waals surface area contributed by atoms with Crippen LogP contribution in [0.15, 0.2) is 69.8 Å². The van der Waals surface area contributed by atoms with Crippen LogP contribution in [0.25, 0.3) is 0 Å². The van der Waals surface area contributed by atoms with Crippen LogP contribution in [0, 0.1) is 0 Å². The summed E-state index contributed by atoms with van der Waals surface area (Å²) in [5.41, 5.74) is 1.20. The Labute approximate surface area is 160 Å². The first-order valence-electron chi connectivity index (χ1n) is 7.94. The van der Waals surface area contributed by atoms with Crippen molar-refractivity contribution in [3.8, 4) is 0 Å². The molecule has 7 heteroatoms. The molecule has 0 unspecified atom stereocenters. The minimum absolute atomic E-state index is 0.133. The van der Waals surface area contributed by atoms with Crippen LogP contribution in [0.1, 0.15) is 22.8 Å². The van der Waals surface area contributed by atoms with Crippen molar-refractivity contribution >= 4 is 44.4 Å². The largest absolute Gasteiger partial charge is 0.324 e. The van der Waals surface area contributed by atoms with E-state index in [1.165, 1.54) is 11.3 Å². The highest BCUT2D eigenvalue weighted by atomic mass is 35.5. The lowest BCUT2D eigenvalue weighted by atomic mass is 9.90. The summed E-state index contributed by atoms with van der Waals surface area (Å²) in [4.78, 5) is 13.4. The van der Waals surface area contributed by atoms with Crippen LogP contribution in [0.4, 0.5) is 5.69 Å². The molecule has 1 atom stereocenters. The molecule has 2 heterocycles. The van der Waals surface area contributed by atoms with Gasteiger partial charge in [-0.2, -0.15) is 0 Å². The van der Waals surface area contributed by atoms with E-state index in [9.17, 15) is 13.2 Å². The van der Waals surface area contributed by atoms with Gasteiger partial charge in [0.2, 0.25) is 15.7 Å². The van der Waals surface area contributed by atoms with Crippen LogP contribution < -0.4 is 5.32 Å². The highest BCUT2D eigenvalue weighted by Gasteiger charge is 2.34. The third-order valence-electron chi connectivity index (χ3n) is 4.38. The minimum atomic E-state index is -3.71. The fourth-order valence-corrected chi connectivity index (χ4v) is 6.33. The van der Waals surface area contributed by atoms with Crippen molar-refractivity contribution in [1.82, 2.24) is 0 Å². The molecule has 0 radical (unpaired) electrons. The first kappa shape index (κ1) is 17.3. The molecule has 1 N–H and O–H groups in total. The number of carbonyl (C=O) groups is 1. The maximum Gasteiger partial charge on any atom is 0.225 e. The van der Waals surface area contributed by atoms with Gasteiger partial charge in [0, 0.05) is 27.6 Å². The molecule has 1 aliphatic heterocycles. The van der Waals surface area contributed by atoms with Crippen molar-refractivity contribution < 1.29 is 13.2 Å². The topological polar surface area (TPSA) is 63.2 Å². The molecule has 3 aromatic rings. The van der Waals surface area contributed by atoms with Crippen molar-refractivity contribution in [2.45, 2.75) is 22.1 Å². The number of thiophene rings is 1. The predicted molar refractivity (Wildman–Crippen MR) is 103 cm³/mol. The molecule has 132 valence electrons. The lowest BCUT2D eigenvalue weighted by Crippen LogP contribution is -2.23. The molecule has 4 nitrogen and oxygen atoms in total. The van der Waals surface area contributed by atoms with E-state index in [4.69, 9.17) is 11.6 Å². The standard InChI is InChI=1S/C19H14ClNO3S2/c20-15-9-5-4-8-13(15)14-10-17(22)21-18-16(11-25-19(14)18)26(23,24)12-6-2-1-3-7-12/h1-9,11,14H,10H2,(H,21,22)/t14-/m1/s1. The van der Waals surface area contributed by atoms with Gasteiger partial charge in [-0.05, 0) is 23.8 Å². The summed E-state index contributed by atoms with van der Waals surface area (Å²) in [5.74, 6) is -0.470. The zero-order valence-corrected chi connectivity index (χ0v) is 15.9. The first-order chi connectivity index (χ1) is 12.5. The number of hydrogen-bond donors (Lipinski definition) is 1. The third kappa shape index (κ3) is 2.84. The number of halogens is 1. The van der Waals surface area contributed by atoms with Crippen molar-refractivity contribution in [1.29, 1.82) is 0 Å². The Balaban J connectivity index is 1.86. The molecule has 1 amide bonds. The second-order valence-corrected chi connectivity index (χ2v) is 9.22. The lowest BCUT2D eigenvalue weighted by molar-refractivity contribution is -0.116. The number of amides is 1. The van der Waals surface area contributed by atoms with Gasteiger partial charge in [-0.3, -0.25) is 4.79 Å². The highest BCUT2D eigenvalue weighted by Crippen LogP contribution is 2.47. The highest BCUT2D eigenvalue weighted by molar-refractivity contribution is 7.91. The summed E-state index contributed by atoms with van der Waals surface area (Å²) < 4.78 is 26.0. The van der Waals surface area contributed by atoms with E-state index in [0.717, 1.165) is 10.4 Å². The van der Waals surface area contributed by atoms with E-state index in [1.54, 1.807) is 41.8 Å². The van der Waals surface area contributed by atoms with Crippen LogP contribution in [0.3, 0.4) is 0 Å². The summed E-state index contributed by atoms with van der Waals surface area (Å²) in [5, 5.41) is 4.92. The monoisotopic (exact) mass is 403 g/mol. The zero-order valence-electron chi connectivity index (χ0n) is 13.5. The quantitative estimate of drug-likeness (QED) is 0.688. The molecular weight excluding hydrogens is 390 g/mol. The van der Waals surface area contributed by atoms with Crippen LogP contribution in [-0.4, -0.2) is 14.3 Å². The van der Waals surface area contributed by atoms with Gasteiger partial charge in [0.25, 0.3) is 0 Å². The Morgan fingerprint density at radius 3 is 2.46 bits per heavy atom. The molecule has 0 spiro atoms. The average molecular weight is 404 g/mol. The van der Waals surface area contributed by atoms with Gasteiger partial charge in [-0.25, -0.2) is 8.42 Å². The Morgan fingerprint density at radius 1 is 1.04 bits per heavy atom. The molecule has 1 aliphatic rings. The number of benzene rings is 2. The number of fused-ring (bicyclic) bond motifs is 1. The molecular formula is C19H14ClNO3S2. The molecule has 1 aromatic heterocycles. The van der Waals surface area contributed by atoms with E-state index in [-0.39, 0.29) is 28.0 Å². The van der Waals surface area contributed by atoms with Gasteiger partial charge in [-0.15, -0.1) is 11.3 Å². The second kappa shape index (κ2) is 6.54. The number of nitrogens with one attached hydrogen (secondary N) is 1. The van der Waals surface area contributed by atoms with Crippen LogP contribution in [0.2, 0.25) is 5.02 Å². The molecule has 2 aromatic carbocycles. The van der Waals surface area contributed by atoms with E-state index < -0.39 is 9.84 Å². The average Bonchev–Trinajstić information content (AvgIpc) is 3.07. The van der Waals surface area contributed by atoms with Crippen molar-refractivity contribution in [3.63, 3.8) is 0 Å². The van der Waals surface area contributed by atoms with E-state index in [1.807, 2.05) is 18.2 Å². The third-order valence-corrected chi connectivity index (χ3v) is 7.76. The van der Waals surface area contributed by atoms with Crippen molar-refractivity contribution in [3.05, 3.63) is 75.4 Å². The van der Waals surface area contributed by atoms with Gasteiger partial charge >= 0.3 is 0 Å². The van der Waals surface area contributed by atoms with E-state index in [0.29, 0.717) is 10.7 Å². The fourth-order valence-electron chi connectivity index (χ4n) is 3.14. The first-order valence-corrected chi connectivity index (χ1v) is 10.7. The molecule has 0 saturated carbocycles. The minimum Gasteiger partial charge on any atom is -0.324 e. The summed E-state index contributed by atoms with van der Waals surface area (Å²) >= 11 is 7.65. The van der Waals surface area contributed by atoms with E-state index in [2.05, 4.69) is 5.32 Å². The Morgan fingerprint density at radius 2 is 1.73 bits per heavy atom. The summed E-state index contributed by atoms with van der Waals surface area (Å²) in [7, 11) is -3.71. The van der Waals surface area contributed by atoms with Gasteiger partial charge in [-0.1, -0.05) is 48.0 Å². The number of rotatable bonds is 3. The predicted octanol–water partition coefficient (Wildman–Crippen LogP) is 4.71. The van der Waals surface area contributed by atoms with Gasteiger partial charge in [0.05, 0.1) is 10.6 Å². The fraction of sp³-hybridized carbons (Fsp3) is 0.105. The maximum atomic E-state index is 13.0. The molecule has 0 bridgehead atoms. The molecule has 0 aliphatic carbocycles. The maximum absolute atomic E-state index is 13.0. The molecule has 26 heavy (non-hydrogen) atoms. The van der Waals surface area contributed by atoms with Crippen molar-refractivity contribution in [2.75, 3.05) is 5.32 Å². The summed E-state index contributed by atoms with van der Waals surface area (Å²) in [6, 6.07) is 15.6. The molecule has 0 fully saturated rings. The van der Waals surface area contributed by atoms with Crippen molar-refractivity contribution in [2.24, 2.45) is 0 Å². The Kier molecular flexibility index (Phi) is 4.34. The number of sulfone groups is 1. The summed E-state index contributed by atoms with van der Waals surface area (Å²) in [6.07, 6.45) is 0.238. The van der Waals surface area contributed by atoms with Crippen LogP contribution >= 0.6 is 22.9 Å². The van der Waals surface area contributed by atoms with Gasteiger partial charge in [0.15, 0.2) is 0 Å². The summed E-state index contributed by atoms with van der Waals surface area (Å²) in [6.45, 7) is 0. The number of hydrogen-bond acceptors (Lipinski definition) is 4. The SMILES string of the molecule is O=C1C[C@H](c2ccccc2Cl)c2scc(S(=O)(=O)c3ccccc3)c2N1. The van der Waals surface area contributed by atoms with E-state index >= 15 is 0 Å².